The van der Waals surface area contributed by atoms with Crippen molar-refractivity contribution in [3.05, 3.63) is 35.7 Å². The molecular formula is C24H24F2N4O3. The highest BCUT2D eigenvalue weighted by Gasteiger charge is 2.31. The molecule has 1 aromatic carbocycles. The summed E-state index contributed by atoms with van der Waals surface area (Å²) in [4.78, 5) is 34.8. The number of nitrogens with one attached hydrogen (secondary N) is 1. The Kier molecular flexibility index (Phi) is 5.55. The number of amides is 1. The maximum atomic E-state index is 13.3. The van der Waals surface area contributed by atoms with Gasteiger partial charge in [0.1, 0.15) is 17.2 Å². The summed E-state index contributed by atoms with van der Waals surface area (Å²) in [7, 11) is 1.53. The molecule has 0 spiro atoms. The molecule has 1 saturated heterocycles. The fourth-order valence-corrected chi connectivity index (χ4v) is 4.31. The van der Waals surface area contributed by atoms with Crippen molar-refractivity contribution in [2.45, 2.75) is 45.0 Å². The third-order valence-corrected chi connectivity index (χ3v) is 6.20. The number of alkyl halides is 2. The van der Waals surface area contributed by atoms with E-state index >= 15 is 0 Å². The van der Waals surface area contributed by atoms with Gasteiger partial charge in [0, 0.05) is 43.5 Å². The predicted molar refractivity (Wildman–Crippen MR) is 120 cm³/mol. The second-order valence-corrected chi connectivity index (χ2v) is 8.61. The summed E-state index contributed by atoms with van der Waals surface area (Å²) >= 11 is 0. The number of fused-ring (bicyclic) bond motifs is 1. The zero-order valence-corrected chi connectivity index (χ0v) is 18.2. The first kappa shape index (κ1) is 21.5. The first-order valence-corrected chi connectivity index (χ1v) is 11.1. The van der Waals surface area contributed by atoms with Crippen LogP contribution in [-0.2, 0) is 22.4 Å². The van der Waals surface area contributed by atoms with E-state index in [0.717, 1.165) is 24.9 Å². The van der Waals surface area contributed by atoms with Gasteiger partial charge in [0.2, 0.25) is 5.91 Å². The average molecular weight is 454 g/mol. The van der Waals surface area contributed by atoms with E-state index in [-0.39, 0.29) is 36.2 Å². The molecule has 0 atom stereocenters. The van der Waals surface area contributed by atoms with Gasteiger partial charge in [-0.25, -0.2) is 13.8 Å². The molecule has 2 aromatic rings. The summed E-state index contributed by atoms with van der Waals surface area (Å²) in [5.74, 6) is 0.789. The number of ketones is 1. The minimum atomic E-state index is -2.67. The van der Waals surface area contributed by atoms with E-state index in [9.17, 15) is 18.4 Å². The van der Waals surface area contributed by atoms with Crippen molar-refractivity contribution in [3.63, 3.8) is 0 Å². The lowest BCUT2D eigenvalue weighted by molar-refractivity contribution is -0.119. The molecule has 7 nitrogen and oxygen atoms in total. The number of benzene rings is 1. The van der Waals surface area contributed by atoms with Gasteiger partial charge in [-0.3, -0.25) is 14.6 Å². The van der Waals surface area contributed by atoms with E-state index in [0.29, 0.717) is 47.2 Å². The summed E-state index contributed by atoms with van der Waals surface area (Å²) in [5, 5.41) is 3.24. The number of hydrogen-bond acceptors (Lipinski definition) is 6. The molecule has 3 aliphatic rings. The van der Waals surface area contributed by atoms with Crippen LogP contribution >= 0.6 is 0 Å². The van der Waals surface area contributed by atoms with Gasteiger partial charge in [-0.1, -0.05) is 0 Å². The van der Waals surface area contributed by atoms with Crippen LogP contribution in [0.2, 0.25) is 0 Å². The van der Waals surface area contributed by atoms with E-state index in [1.807, 2.05) is 6.07 Å². The Morgan fingerprint density at radius 3 is 2.76 bits per heavy atom. The van der Waals surface area contributed by atoms with Gasteiger partial charge in [-0.2, -0.15) is 0 Å². The Bertz CT molecular complexity index is 1160. The van der Waals surface area contributed by atoms with Crippen LogP contribution in [-0.4, -0.2) is 42.5 Å². The largest absolute Gasteiger partial charge is 0.494 e. The first-order valence-electron chi connectivity index (χ1n) is 11.1. The molecule has 172 valence electrons. The number of aliphatic imine (C=N–C) groups is 1. The van der Waals surface area contributed by atoms with E-state index in [1.54, 1.807) is 23.1 Å². The predicted octanol–water partition coefficient (Wildman–Crippen LogP) is 4.38. The number of Topliss-reactive ketones (excluding diaryl/α,β-unsaturated/α-hetero) is 1. The van der Waals surface area contributed by atoms with Gasteiger partial charge in [-0.05, 0) is 37.5 Å². The summed E-state index contributed by atoms with van der Waals surface area (Å²) in [6.07, 6.45) is 0.600. The number of carbonyl (C=O) groups is 2. The lowest BCUT2D eigenvalue weighted by Gasteiger charge is -2.19. The Balaban J connectivity index is 1.48. The van der Waals surface area contributed by atoms with E-state index in [1.165, 1.54) is 7.11 Å². The highest BCUT2D eigenvalue weighted by atomic mass is 19.3. The van der Waals surface area contributed by atoms with Gasteiger partial charge in [-0.15, -0.1) is 0 Å². The topological polar surface area (TPSA) is 83.9 Å². The maximum Gasteiger partial charge on any atom is 0.277 e. The highest BCUT2D eigenvalue weighted by Crippen LogP contribution is 2.40. The van der Waals surface area contributed by atoms with Crippen LogP contribution in [0.25, 0.3) is 0 Å². The standard InChI is InChI=1S/C24H24F2N4O3/c1-33-21-11-15(30-8-2-3-22(30)32)6-7-16(21)28-17-9-14(10-20(31)13-4-5-13)27-18-12-19(24(25)26)29-23(17)18/h6-7,9,11,13,24H,2-5,8,10,12H2,1H3,(H,27,28). The summed E-state index contributed by atoms with van der Waals surface area (Å²) < 4.78 is 32.2. The van der Waals surface area contributed by atoms with Crippen LogP contribution in [0.4, 0.5) is 31.5 Å². The van der Waals surface area contributed by atoms with Crippen molar-refractivity contribution in [2.75, 3.05) is 23.9 Å². The third kappa shape index (κ3) is 4.31. The van der Waals surface area contributed by atoms with Crippen LogP contribution in [0.1, 0.15) is 37.1 Å². The molecular weight excluding hydrogens is 430 g/mol. The zero-order valence-electron chi connectivity index (χ0n) is 18.2. The van der Waals surface area contributed by atoms with Crippen LogP contribution < -0.4 is 15.0 Å². The second kappa shape index (κ2) is 8.53. The van der Waals surface area contributed by atoms with Gasteiger partial charge in [0.05, 0.1) is 35.6 Å². The summed E-state index contributed by atoms with van der Waals surface area (Å²) in [5.41, 5.74) is 2.94. The fourth-order valence-electron chi connectivity index (χ4n) is 4.31. The SMILES string of the molecule is COc1cc(N2CCCC2=O)ccc1Nc1cc(CC(=O)C2CC2)nc2c1N=C(C(F)F)C2. The molecule has 2 aliphatic heterocycles. The summed E-state index contributed by atoms with van der Waals surface area (Å²) in [6, 6.07) is 7.09. The maximum absolute atomic E-state index is 13.3. The van der Waals surface area contributed by atoms with Crippen molar-refractivity contribution >= 4 is 40.2 Å². The molecule has 1 aliphatic carbocycles. The number of hydrogen-bond donors (Lipinski definition) is 1. The monoisotopic (exact) mass is 454 g/mol. The first-order chi connectivity index (χ1) is 15.9. The molecule has 1 saturated carbocycles. The molecule has 1 N–H and O–H groups in total. The van der Waals surface area contributed by atoms with Gasteiger partial charge in [0.25, 0.3) is 6.43 Å². The van der Waals surface area contributed by atoms with Crippen LogP contribution in [0.3, 0.4) is 0 Å². The lowest BCUT2D eigenvalue weighted by Crippen LogP contribution is -2.23. The fraction of sp³-hybridized carbons (Fsp3) is 0.417. The third-order valence-electron chi connectivity index (χ3n) is 6.20. The van der Waals surface area contributed by atoms with Gasteiger partial charge in [0.15, 0.2) is 0 Å². The summed E-state index contributed by atoms with van der Waals surface area (Å²) in [6.45, 7) is 0.663. The number of carbonyl (C=O) groups excluding carboxylic acids is 2. The van der Waals surface area contributed by atoms with Crippen molar-refractivity contribution < 1.29 is 23.1 Å². The Hall–Kier alpha value is -3.36. The molecule has 0 unspecified atom stereocenters. The zero-order chi connectivity index (χ0) is 23.1. The Morgan fingerprint density at radius 2 is 2.09 bits per heavy atom. The van der Waals surface area contributed by atoms with E-state index in [2.05, 4.69) is 15.3 Å². The number of anilines is 3. The number of rotatable bonds is 8. The van der Waals surface area contributed by atoms with Crippen LogP contribution in [0, 0.1) is 5.92 Å². The number of methoxy groups -OCH3 is 1. The van der Waals surface area contributed by atoms with Crippen LogP contribution in [0.5, 0.6) is 5.75 Å². The molecule has 0 radical (unpaired) electrons. The quantitative estimate of drug-likeness (QED) is 0.640. The number of aromatic nitrogens is 1. The van der Waals surface area contributed by atoms with Crippen LogP contribution in [0.15, 0.2) is 29.3 Å². The molecule has 33 heavy (non-hydrogen) atoms. The minimum absolute atomic E-state index is 0.0414. The smallest absolute Gasteiger partial charge is 0.277 e. The van der Waals surface area contributed by atoms with Gasteiger partial charge >= 0.3 is 0 Å². The number of ether oxygens (including phenoxy) is 1. The molecule has 2 fully saturated rings. The Morgan fingerprint density at radius 1 is 1.27 bits per heavy atom. The van der Waals surface area contributed by atoms with E-state index < -0.39 is 6.43 Å². The second-order valence-electron chi connectivity index (χ2n) is 8.61. The molecule has 1 aromatic heterocycles. The Labute approximate surface area is 189 Å². The average Bonchev–Trinajstić information content (AvgIpc) is 3.42. The number of halogens is 2. The number of nitrogens with zero attached hydrogens (tertiary/aromatic N) is 3. The van der Waals surface area contributed by atoms with Crippen molar-refractivity contribution in [1.29, 1.82) is 0 Å². The normalized spacial score (nSPS) is 17.4. The molecule has 0 bridgehead atoms. The van der Waals surface area contributed by atoms with Crippen molar-refractivity contribution in [1.82, 2.24) is 4.98 Å². The van der Waals surface area contributed by atoms with Gasteiger partial charge < -0.3 is 15.0 Å². The minimum Gasteiger partial charge on any atom is -0.494 e. The molecule has 1 amide bonds. The molecule has 5 rings (SSSR count). The molecule has 3 heterocycles. The molecule has 9 heteroatoms. The number of pyridine rings is 1. The van der Waals surface area contributed by atoms with Crippen molar-refractivity contribution in [2.24, 2.45) is 10.9 Å². The highest BCUT2D eigenvalue weighted by molar-refractivity contribution is 5.99. The van der Waals surface area contributed by atoms with E-state index in [4.69, 9.17) is 4.74 Å². The van der Waals surface area contributed by atoms with Crippen molar-refractivity contribution in [3.8, 4) is 5.75 Å². The lowest BCUT2D eigenvalue weighted by atomic mass is 10.1.